The van der Waals surface area contributed by atoms with Crippen LogP contribution in [0.25, 0.3) is 0 Å². The minimum Gasteiger partial charge on any atom is -0.459 e. The van der Waals surface area contributed by atoms with Gasteiger partial charge < -0.3 is 14.2 Å². The summed E-state index contributed by atoms with van der Waals surface area (Å²) < 4.78 is 45.6. The van der Waals surface area contributed by atoms with Crippen molar-refractivity contribution in [2.75, 3.05) is 12.9 Å². The summed E-state index contributed by atoms with van der Waals surface area (Å²) in [7, 11) is -4.26. The second-order valence-electron chi connectivity index (χ2n) is 9.41. The molecule has 0 aliphatic carbocycles. The van der Waals surface area contributed by atoms with Gasteiger partial charge in [0.15, 0.2) is 24.6 Å². The average Bonchev–Trinajstić information content (AvgIpc) is 2.93. The van der Waals surface area contributed by atoms with Gasteiger partial charge in [0.2, 0.25) is 0 Å². The molecule has 0 N–H and O–H groups in total. The molecule has 3 aromatic carbocycles. The summed E-state index contributed by atoms with van der Waals surface area (Å²) in [6.45, 7) is 4.69. The van der Waals surface area contributed by atoms with Gasteiger partial charge in [-0.25, -0.2) is 14.4 Å². The van der Waals surface area contributed by atoms with Crippen LogP contribution in [0.4, 0.5) is 0 Å². The van der Waals surface area contributed by atoms with Gasteiger partial charge in [-0.05, 0) is 57.2 Å². The first kappa shape index (κ1) is 31.2. The van der Waals surface area contributed by atoms with Crippen molar-refractivity contribution >= 4 is 34.3 Å². The minimum atomic E-state index is -4.26. The zero-order valence-corrected chi connectivity index (χ0v) is 23.8. The second kappa shape index (κ2) is 13.8. The highest BCUT2D eigenvalue weighted by Gasteiger charge is 2.40. The number of carbonyl (C=O) groups is 4. The molecule has 10 nitrogen and oxygen atoms in total. The summed E-state index contributed by atoms with van der Waals surface area (Å²) in [6.07, 6.45) is -4.50. The molecule has 0 fully saturated rings. The van der Waals surface area contributed by atoms with Crippen LogP contribution in [-0.2, 0) is 33.3 Å². The lowest BCUT2D eigenvalue weighted by atomic mass is 10.1. The Morgan fingerprint density at radius 3 is 1.46 bits per heavy atom. The topological polar surface area (TPSA) is 139 Å². The molecule has 3 rings (SSSR count). The van der Waals surface area contributed by atoms with Crippen molar-refractivity contribution in [3.05, 3.63) is 106 Å². The lowest BCUT2D eigenvalue weighted by Crippen LogP contribution is -2.48. The Labute approximate surface area is 238 Å². The third-order valence-electron chi connectivity index (χ3n) is 5.85. The van der Waals surface area contributed by atoms with Crippen molar-refractivity contribution in [1.82, 2.24) is 0 Å². The molecule has 3 aromatic rings. The van der Waals surface area contributed by atoms with Crippen LogP contribution >= 0.6 is 0 Å². The van der Waals surface area contributed by atoms with Gasteiger partial charge in [0, 0.05) is 0 Å². The van der Waals surface area contributed by atoms with Gasteiger partial charge in [0.25, 0.3) is 10.1 Å². The molecule has 0 spiro atoms. The Morgan fingerprint density at radius 2 is 1.07 bits per heavy atom. The molecule has 0 saturated carbocycles. The van der Waals surface area contributed by atoms with E-state index < -0.39 is 52.9 Å². The lowest BCUT2D eigenvalue weighted by molar-refractivity contribution is -0.128. The predicted octanol–water partition coefficient (Wildman–Crippen LogP) is 3.76. The van der Waals surface area contributed by atoms with Crippen LogP contribution in [0.3, 0.4) is 0 Å². The van der Waals surface area contributed by atoms with Gasteiger partial charge in [-0.1, -0.05) is 53.1 Å². The Bertz CT molecular complexity index is 1480. The molecule has 0 bridgehead atoms. The Hall–Kier alpha value is -4.35. The highest BCUT2D eigenvalue weighted by atomic mass is 32.2. The number of esters is 3. The fourth-order valence-corrected chi connectivity index (χ4v) is 4.24. The highest BCUT2D eigenvalue weighted by molar-refractivity contribution is 7.86. The number of rotatable bonds is 12. The Balaban J connectivity index is 1.94. The maximum absolute atomic E-state index is 13.1. The van der Waals surface area contributed by atoms with Crippen LogP contribution in [-0.4, -0.2) is 63.8 Å². The molecular formula is C30H30O10S. The molecule has 216 valence electrons. The van der Waals surface area contributed by atoms with E-state index in [9.17, 15) is 27.6 Å². The summed E-state index contributed by atoms with van der Waals surface area (Å²) in [4.78, 5) is 50.8. The van der Waals surface area contributed by atoms with Gasteiger partial charge >= 0.3 is 17.9 Å². The number of carbonyl (C=O) groups excluding carboxylic acids is 4. The molecule has 0 aliphatic rings. The van der Waals surface area contributed by atoms with E-state index in [1.54, 1.807) is 36.4 Å². The van der Waals surface area contributed by atoms with Gasteiger partial charge in [-0.2, -0.15) is 8.42 Å². The molecule has 0 radical (unpaired) electrons. The SMILES string of the molecule is Cc1ccc(C(=O)OC[C@@H](OS(C)(=O)=O)[C@H](OC(=O)c2ccc(C)cc2)[C@H](C=O)OC(=O)c2ccc(C)cc2)cc1. The Morgan fingerprint density at radius 1 is 0.683 bits per heavy atom. The van der Waals surface area contributed by atoms with Crippen LogP contribution in [0.1, 0.15) is 47.8 Å². The first-order chi connectivity index (χ1) is 19.4. The zero-order valence-electron chi connectivity index (χ0n) is 22.9. The first-order valence-electron chi connectivity index (χ1n) is 12.5. The fraction of sp³-hybridized carbons (Fsp3) is 0.267. The largest absolute Gasteiger partial charge is 0.459 e. The smallest absolute Gasteiger partial charge is 0.338 e. The van der Waals surface area contributed by atoms with Crippen molar-refractivity contribution in [3.8, 4) is 0 Å². The van der Waals surface area contributed by atoms with Crippen LogP contribution in [0.5, 0.6) is 0 Å². The number of benzene rings is 3. The predicted molar refractivity (Wildman–Crippen MR) is 148 cm³/mol. The van der Waals surface area contributed by atoms with Crippen LogP contribution in [0.2, 0.25) is 0 Å². The van der Waals surface area contributed by atoms with Crippen LogP contribution in [0, 0.1) is 20.8 Å². The summed E-state index contributed by atoms with van der Waals surface area (Å²) in [5.74, 6) is -2.72. The Kier molecular flexibility index (Phi) is 10.5. The molecule has 0 unspecified atom stereocenters. The van der Waals surface area contributed by atoms with E-state index in [-0.39, 0.29) is 23.0 Å². The monoisotopic (exact) mass is 582 g/mol. The number of hydrogen-bond donors (Lipinski definition) is 0. The first-order valence-corrected chi connectivity index (χ1v) is 14.3. The van der Waals surface area contributed by atoms with Gasteiger partial charge in [0.1, 0.15) is 6.61 Å². The third-order valence-corrected chi connectivity index (χ3v) is 6.45. The van der Waals surface area contributed by atoms with Crippen molar-refractivity contribution in [2.24, 2.45) is 0 Å². The summed E-state index contributed by atoms with van der Waals surface area (Å²) >= 11 is 0. The highest BCUT2D eigenvalue weighted by Crippen LogP contribution is 2.19. The van der Waals surface area contributed by atoms with E-state index in [0.717, 1.165) is 22.9 Å². The summed E-state index contributed by atoms with van der Waals surface area (Å²) in [5, 5.41) is 0. The van der Waals surface area contributed by atoms with E-state index >= 15 is 0 Å². The maximum atomic E-state index is 13.1. The number of hydrogen-bond acceptors (Lipinski definition) is 10. The summed E-state index contributed by atoms with van der Waals surface area (Å²) in [6, 6.07) is 18.9. The molecular weight excluding hydrogens is 552 g/mol. The van der Waals surface area contributed by atoms with Gasteiger partial charge in [-0.3, -0.25) is 8.98 Å². The quantitative estimate of drug-likeness (QED) is 0.134. The molecule has 0 amide bonds. The molecule has 0 heterocycles. The standard InChI is InChI=1S/C30H30O10S/c1-19-5-11-22(12-6-19)28(32)37-18-26(40-41(4,35)36)27(39-30(34)24-15-9-21(3)10-16-24)25(17-31)38-29(33)23-13-7-20(2)8-14-23/h5-17,25-27H,18H2,1-4H3/t25-,26+,27+/m0/s1. The second-order valence-corrected chi connectivity index (χ2v) is 11.0. The van der Waals surface area contributed by atoms with Gasteiger partial charge in [-0.15, -0.1) is 0 Å². The summed E-state index contributed by atoms with van der Waals surface area (Å²) in [5.41, 5.74) is 2.96. The molecule has 3 atom stereocenters. The molecule has 0 aromatic heterocycles. The normalized spacial score (nSPS) is 13.4. The lowest BCUT2D eigenvalue weighted by Gasteiger charge is -2.29. The average molecular weight is 583 g/mol. The number of ether oxygens (including phenoxy) is 3. The van der Waals surface area contributed by atoms with E-state index in [1.807, 2.05) is 20.8 Å². The fourth-order valence-electron chi connectivity index (χ4n) is 3.62. The van der Waals surface area contributed by atoms with Crippen molar-refractivity contribution in [3.63, 3.8) is 0 Å². The van der Waals surface area contributed by atoms with E-state index in [0.29, 0.717) is 0 Å². The zero-order chi connectivity index (χ0) is 30.2. The third kappa shape index (κ3) is 9.37. The molecule has 41 heavy (non-hydrogen) atoms. The molecule has 0 saturated heterocycles. The number of aryl methyl sites for hydroxylation is 3. The van der Waals surface area contributed by atoms with E-state index in [1.165, 1.54) is 36.4 Å². The van der Waals surface area contributed by atoms with Crippen LogP contribution < -0.4 is 0 Å². The van der Waals surface area contributed by atoms with E-state index in [2.05, 4.69) is 0 Å². The van der Waals surface area contributed by atoms with Crippen molar-refractivity contribution in [1.29, 1.82) is 0 Å². The van der Waals surface area contributed by atoms with Crippen molar-refractivity contribution in [2.45, 2.75) is 39.1 Å². The van der Waals surface area contributed by atoms with E-state index in [4.69, 9.17) is 18.4 Å². The van der Waals surface area contributed by atoms with Crippen LogP contribution in [0.15, 0.2) is 72.8 Å². The number of aldehydes is 1. The maximum Gasteiger partial charge on any atom is 0.338 e. The minimum absolute atomic E-state index is 0.0739. The molecule has 0 aliphatic heterocycles. The van der Waals surface area contributed by atoms with Gasteiger partial charge in [0.05, 0.1) is 22.9 Å². The molecule has 11 heteroatoms. The van der Waals surface area contributed by atoms with Crippen molar-refractivity contribution < 1.29 is 46.0 Å².